The summed E-state index contributed by atoms with van der Waals surface area (Å²) in [5.74, 6) is -1.12. The quantitative estimate of drug-likeness (QED) is 0.650. The van der Waals surface area contributed by atoms with Crippen LogP contribution >= 0.6 is 7.82 Å². The molecule has 32 heavy (non-hydrogen) atoms. The Morgan fingerprint density at radius 1 is 1.19 bits per heavy atom. The Labute approximate surface area is 180 Å². The van der Waals surface area contributed by atoms with Crippen molar-refractivity contribution in [2.75, 3.05) is 19.8 Å². The van der Waals surface area contributed by atoms with E-state index in [1.807, 2.05) is 23.2 Å². The van der Waals surface area contributed by atoms with Crippen molar-refractivity contribution in [2.24, 2.45) is 0 Å². The fourth-order valence-corrected chi connectivity index (χ4v) is 5.19. The van der Waals surface area contributed by atoms with Crippen LogP contribution in [0.3, 0.4) is 0 Å². The molecule has 5 rings (SSSR count). The van der Waals surface area contributed by atoms with E-state index >= 15 is 0 Å². The smallest absolute Gasteiger partial charge is 0.349 e. The van der Waals surface area contributed by atoms with E-state index in [9.17, 15) is 18.5 Å². The summed E-state index contributed by atoms with van der Waals surface area (Å²) in [6.45, 7) is 0.798. The van der Waals surface area contributed by atoms with E-state index in [2.05, 4.69) is 0 Å². The van der Waals surface area contributed by atoms with Crippen LogP contribution in [0.25, 0.3) is 0 Å². The zero-order chi connectivity index (χ0) is 22.3. The number of nitrogens with zero attached hydrogens (tertiary/aromatic N) is 1. The van der Waals surface area contributed by atoms with Gasteiger partial charge < -0.3 is 14.2 Å². The second-order valence-electron chi connectivity index (χ2n) is 7.44. The first-order valence-corrected chi connectivity index (χ1v) is 11.4. The van der Waals surface area contributed by atoms with Crippen LogP contribution in [0.4, 0.5) is 4.39 Å². The number of ether oxygens (including phenoxy) is 3. The molecule has 4 heterocycles. The van der Waals surface area contributed by atoms with E-state index in [1.54, 1.807) is 6.07 Å². The maximum atomic E-state index is 13.6. The van der Waals surface area contributed by atoms with Crippen molar-refractivity contribution in [2.45, 2.75) is 37.8 Å². The van der Waals surface area contributed by atoms with Gasteiger partial charge in [-0.1, -0.05) is 24.3 Å². The van der Waals surface area contributed by atoms with E-state index in [0.29, 0.717) is 18.8 Å². The van der Waals surface area contributed by atoms with E-state index in [-0.39, 0.29) is 19.6 Å². The van der Waals surface area contributed by atoms with Crippen LogP contribution in [0.1, 0.15) is 30.1 Å². The Morgan fingerprint density at radius 3 is 2.78 bits per heavy atom. The Kier molecular flexibility index (Phi) is 5.84. The van der Waals surface area contributed by atoms with Crippen molar-refractivity contribution >= 4 is 7.82 Å². The number of fused-ring (bicyclic) bond motifs is 1. The number of phosphoric ester groups is 1. The Hall–Kier alpha value is -2.18. The van der Waals surface area contributed by atoms with Crippen molar-refractivity contribution in [3.63, 3.8) is 0 Å². The van der Waals surface area contributed by atoms with Crippen LogP contribution in [0.15, 0.2) is 40.1 Å². The molecule has 0 aliphatic carbocycles. The molecule has 1 unspecified atom stereocenters. The van der Waals surface area contributed by atoms with Gasteiger partial charge in [0, 0.05) is 12.0 Å². The van der Waals surface area contributed by atoms with Gasteiger partial charge in [0.2, 0.25) is 5.82 Å². The molecule has 0 radical (unpaired) electrons. The molecular formula is C19H20FN2O9P. The van der Waals surface area contributed by atoms with Crippen LogP contribution < -0.4 is 11.2 Å². The number of phosphoric acid groups is 1. The van der Waals surface area contributed by atoms with Crippen LogP contribution in [-0.4, -0.2) is 41.6 Å². The van der Waals surface area contributed by atoms with Gasteiger partial charge in [-0.05, 0) is 5.56 Å². The van der Waals surface area contributed by atoms with Gasteiger partial charge in [-0.2, -0.15) is 4.39 Å². The Bertz CT molecular complexity index is 1160. The summed E-state index contributed by atoms with van der Waals surface area (Å²) in [4.78, 5) is 25.1. The lowest BCUT2D eigenvalue weighted by atomic mass is 10.1. The lowest BCUT2D eigenvalue weighted by molar-refractivity contribution is -0.0735. The molecule has 2 aromatic rings. The first kappa shape index (κ1) is 21.7. The van der Waals surface area contributed by atoms with Gasteiger partial charge in [-0.25, -0.2) is 9.36 Å². The molecule has 4 atom stereocenters. The molecule has 0 bridgehead atoms. The fraction of sp³-hybridized carbons (Fsp3) is 0.474. The van der Waals surface area contributed by atoms with Gasteiger partial charge in [-0.3, -0.25) is 27.9 Å². The maximum Gasteiger partial charge on any atom is 0.475 e. The molecule has 1 aromatic heterocycles. The van der Waals surface area contributed by atoms with Crippen molar-refractivity contribution in [3.8, 4) is 0 Å². The minimum absolute atomic E-state index is 0.0665. The van der Waals surface area contributed by atoms with Gasteiger partial charge >= 0.3 is 13.5 Å². The number of halogens is 1. The number of hydrogen-bond acceptors (Lipinski definition) is 9. The third-order valence-corrected chi connectivity index (χ3v) is 6.83. The number of aromatic amines is 1. The lowest BCUT2D eigenvalue weighted by Crippen LogP contribution is -2.34. The highest BCUT2D eigenvalue weighted by molar-refractivity contribution is 7.48. The summed E-state index contributed by atoms with van der Waals surface area (Å²) in [5, 5.41) is 0. The van der Waals surface area contributed by atoms with E-state index in [0.717, 1.165) is 16.3 Å². The highest BCUT2D eigenvalue weighted by Gasteiger charge is 2.48. The van der Waals surface area contributed by atoms with Crippen molar-refractivity contribution in [1.82, 2.24) is 9.55 Å². The molecular weight excluding hydrogens is 450 g/mol. The van der Waals surface area contributed by atoms with Gasteiger partial charge in [0.05, 0.1) is 32.6 Å². The summed E-state index contributed by atoms with van der Waals surface area (Å²) < 4.78 is 60.7. The largest absolute Gasteiger partial charge is 0.475 e. The van der Waals surface area contributed by atoms with Gasteiger partial charge in [-0.15, -0.1) is 0 Å². The predicted octanol–water partition coefficient (Wildman–Crippen LogP) is 1.75. The average molecular weight is 470 g/mol. The monoisotopic (exact) mass is 470 g/mol. The number of benzene rings is 1. The summed E-state index contributed by atoms with van der Waals surface area (Å²) in [5.41, 5.74) is -0.476. The number of hydrogen-bond donors (Lipinski definition) is 1. The molecule has 1 N–H and O–H groups in total. The Morgan fingerprint density at radius 2 is 1.97 bits per heavy atom. The first-order valence-electron chi connectivity index (χ1n) is 9.97. The summed E-state index contributed by atoms with van der Waals surface area (Å²) >= 11 is 0. The molecule has 3 aliphatic rings. The minimum Gasteiger partial charge on any atom is -0.349 e. The minimum atomic E-state index is -3.93. The molecule has 11 nitrogen and oxygen atoms in total. The van der Waals surface area contributed by atoms with Crippen molar-refractivity contribution in [1.29, 1.82) is 0 Å². The highest BCUT2D eigenvalue weighted by Crippen LogP contribution is 2.57. The second kappa shape index (κ2) is 8.64. The number of nitrogens with one attached hydrogen (secondary N) is 1. The molecule has 3 saturated heterocycles. The van der Waals surface area contributed by atoms with Crippen molar-refractivity contribution in [3.05, 3.63) is 68.2 Å². The molecule has 3 fully saturated rings. The van der Waals surface area contributed by atoms with E-state index < -0.39 is 49.6 Å². The molecule has 0 spiro atoms. The summed E-state index contributed by atoms with van der Waals surface area (Å²) in [6.07, 6.45) is -1.93. The topological polar surface area (TPSA) is 127 Å². The Balaban J connectivity index is 1.26. The number of H-pyrrole nitrogens is 1. The van der Waals surface area contributed by atoms with Gasteiger partial charge in [0.25, 0.3) is 5.56 Å². The van der Waals surface area contributed by atoms with Crippen molar-refractivity contribution < 1.29 is 36.7 Å². The predicted molar refractivity (Wildman–Crippen MR) is 104 cm³/mol. The maximum absolute atomic E-state index is 13.6. The fourth-order valence-electron chi connectivity index (χ4n) is 3.82. The summed E-state index contributed by atoms with van der Waals surface area (Å²) in [7, 11) is -3.93. The van der Waals surface area contributed by atoms with E-state index in [4.69, 9.17) is 27.8 Å². The SMILES string of the molecule is O=c1[nH]c(=O)n([C@H]2C[C@@H]3OP(=O)(OCc4ccccc4C4OCCO4)OC[C@H]3O2)cc1F. The normalized spacial score (nSPS) is 30.5. The molecule has 0 saturated carbocycles. The third kappa shape index (κ3) is 4.23. The lowest BCUT2D eigenvalue weighted by Gasteiger charge is -2.30. The molecule has 172 valence electrons. The molecule has 3 aliphatic heterocycles. The van der Waals surface area contributed by atoms with E-state index in [1.165, 1.54) is 0 Å². The standard InChI is InChI=1S/C19H20FN2O9P/c20-13-8-22(19(24)21-17(13)23)16-7-14-15(30-16)10-29-32(25,31-14)28-9-11-3-1-2-4-12(11)18-26-5-6-27-18/h1-4,8,14-16,18H,5-7,9-10H2,(H,21,23,24)/t14-,15+,16+,32?/m0/s1. The first-order chi connectivity index (χ1) is 15.4. The molecule has 13 heteroatoms. The summed E-state index contributed by atoms with van der Waals surface area (Å²) in [6, 6.07) is 7.27. The van der Waals surface area contributed by atoms with Crippen LogP contribution in [0, 0.1) is 5.82 Å². The zero-order valence-electron chi connectivity index (χ0n) is 16.7. The van der Waals surface area contributed by atoms with Crippen LogP contribution in [0.2, 0.25) is 0 Å². The number of aromatic nitrogens is 2. The van der Waals surface area contributed by atoms with Gasteiger partial charge in [0.15, 0.2) is 6.29 Å². The van der Waals surface area contributed by atoms with Gasteiger partial charge in [0.1, 0.15) is 18.4 Å². The zero-order valence-corrected chi connectivity index (χ0v) is 17.6. The number of rotatable bonds is 5. The third-order valence-electron chi connectivity index (χ3n) is 5.39. The van der Waals surface area contributed by atoms with Crippen LogP contribution in [-0.2, 0) is 39.0 Å². The van der Waals surface area contributed by atoms with Crippen LogP contribution in [0.5, 0.6) is 0 Å². The molecule has 1 aromatic carbocycles. The second-order valence-corrected chi connectivity index (χ2v) is 9.06. The molecule has 0 amide bonds. The highest BCUT2D eigenvalue weighted by atomic mass is 31.2. The average Bonchev–Trinajstić information content (AvgIpc) is 3.45.